The molecule has 0 aromatic heterocycles. The average Bonchev–Trinajstić information content (AvgIpc) is 2.80. The summed E-state index contributed by atoms with van der Waals surface area (Å²) in [7, 11) is 0. The first-order valence-electron chi connectivity index (χ1n) is 5.30. The quantitative estimate of drug-likeness (QED) is 0.679. The summed E-state index contributed by atoms with van der Waals surface area (Å²) >= 11 is 0. The molecule has 2 rings (SSSR count). The van der Waals surface area contributed by atoms with Gasteiger partial charge < -0.3 is 16.0 Å². The van der Waals surface area contributed by atoms with Crippen molar-refractivity contribution in [3.63, 3.8) is 0 Å². The molecule has 1 aromatic carbocycles. The predicted molar refractivity (Wildman–Crippen MR) is 62.1 cm³/mol. The maximum Gasteiger partial charge on any atom is 0.335 e. The Morgan fingerprint density at radius 3 is 2.50 bits per heavy atom. The molecule has 0 radical (unpaired) electrons. The molecule has 0 aliphatic heterocycles. The molecule has 0 spiro atoms. The van der Waals surface area contributed by atoms with Crippen LogP contribution < -0.4 is 10.9 Å². The third-order valence-corrected chi connectivity index (χ3v) is 2.54. The zero-order valence-electron chi connectivity index (χ0n) is 8.86. The van der Waals surface area contributed by atoms with Crippen molar-refractivity contribution in [1.29, 1.82) is 0 Å². The number of aromatic carboxylic acids is 1. The van der Waals surface area contributed by atoms with E-state index in [2.05, 4.69) is 16.9 Å². The molecule has 4 nitrogen and oxygen atoms in total. The van der Waals surface area contributed by atoms with E-state index in [0.717, 1.165) is 18.5 Å². The van der Waals surface area contributed by atoms with Crippen molar-refractivity contribution in [3.8, 4) is 0 Å². The maximum atomic E-state index is 10.6. The topological polar surface area (TPSA) is 61.4 Å². The number of allylic oxidation sites excluding steroid dienone is 2. The van der Waals surface area contributed by atoms with Crippen LogP contribution in [0.25, 0.3) is 0 Å². The van der Waals surface area contributed by atoms with Crippen molar-refractivity contribution in [2.24, 2.45) is 0 Å². The number of anilines is 1. The zero-order valence-corrected chi connectivity index (χ0v) is 8.86. The second-order valence-electron chi connectivity index (χ2n) is 3.75. The number of hydrogen-bond donors (Lipinski definition) is 3. The van der Waals surface area contributed by atoms with Gasteiger partial charge in [-0.05, 0) is 43.5 Å². The van der Waals surface area contributed by atoms with Gasteiger partial charge in [-0.2, -0.15) is 0 Å². The first kappa shape index (κ1) is 10.5. The van der Waals surface area contributed by atoms with Crippen molar-refractivity contribution >= 4 is 11.7 Å². The Bertz CT molecular complexity index is 410. The standard InChI is InChI=1S/C12H14N2O2/c15-12(16)9-5-7-11(8-6-9)14-13-10-3-1-2-4-10/h3,5-8,13-14H,1-2,4H2,(H,15,16). The van der Waals surface area contributed by atoms with E-state index < -0.39 is 5.97 Å². The number of carboxylic acids is 1. The van der Waals surface area contributed by atoms with Gasteiger partial charge in [0, 0.05) is 5.70 Å². The lowest BCUT2D eigenvalue weighted by atomic mass is 10.2. The molecule has 0 fully saturated rings. The highest BCUT2D eigenvalue weighted by atomic mass is 16.4. The van der Waals surface area contributed by atoms with Crippen LogP contribution in [0.4, 0.5) is 5.69 Å². The Morgan fingerprint density at radius 2 is 1.94 bits per heavy atom. The molecule has 0 heterocycles. The fraction of sp³-hybridized carbons (Fsp3) is 0.250. The highest BCUT2D eigenvalue weighted by Gasteiger charge is 2.04. The summed E-state index contributed by atoms with van der Waals surface area (Å²) < 4.78 is 0. The molecule has 3 N–H and O–H groups in total. The summed E-state index contributed by atoms with van der Waals surface area (Å²) in [4.78, 5) is 10.6. The van der Waals surface area contributed by atoms with Crippen LogP contribution in [0.5, 0.6) is 0 Å². The van der Waals surface area contributed by atoms with Gasteiger partial charge in [0.25, 0.3) is 0 Å². The SMILES string of the molecule is O=C(O)c1ccc(NNC2=CCCC2)cc1. The summed E-state index contributed by atoms with van der Waals surface area (Å²) in [6.07, 6.45) is 5.56. The average molecular weight is 218 g/mol. The minimum absolute atomic E-state index is 0.297. The van der Waals surface area contributed by atoms with Gasteiger partial charge in [0.1, 0.15) is 0 Å². The number of carbonyl (C=O) groups is 1. The molecule has 0 atom stereocenters. The second-order valence-corrected chi connectivity index (χ2v) is 3.75. The third-order valence-electron chi connectivity index (χ3n) is 2.54. The van der Waals surface area contributed by atoms with Gasteiger partial charge in [-0.1, -0.05) is 6.08 Å². The fourth-order valence-electron chi connectivity index (χ4n) is 1.63. The number of hydrogen-bond acceptors (Lipinski definition) is 3. The van der Waals surface area contributed by atoms with Gasteiger partial charge in [-0.3, -0.25) is 0 Å². The minimum atomic E-state index is -0.905. The number of nitrogens with one attached hydrogen (secondary N) is 2. The molecule has 1 aliphatic rings. The number of hydrazine groups is 1. The van der Waals surface area contributed by atoms with E-state index >= 15 is 0 Å². The monoisotopic (exact) mass is 218 g/mol. The molecule has 16 heavy (non-hydrogen) atoms. The van der Waals surface area contributed by atoms with Gasteiger partial charge in [0.05, 0.1) is 11.3 Å². The molecular weight excluding hydrogens is 204 g/mol. The Balaban J connectivity index is 1.92. The predicted octanol–water partition coefficient (Wildman–Crippen LogP) is 2.37. The first-order chi connectivity index (χ1) is 7.75. The van der Waals surface area contributed by atoms with Crippen molar-refractivity contribution in [2.45, 2.75) is 19.3 Å². The molecule has 84 valence electrons. The van der Waals surface area contributed by atoms with Crippen LogP contribution in [0.2, 0.25) is 0 Å². The maximum absolute atomic E-state index is 10.6. The lowest BCUT2D eigenvalue weighted by molar-refractivity contribution is 0.0697. The van der Waals surface area contributed by atoms with Crippen LogP contribution in [-0.4, -0.2) is 11.1 Å². The van der Waals surface area contributed by atoms with Gasteiger partial charge in [0.2, 0.25) is 0 Å². The normalized spacial score (nSPS) is 14.4. The highest BCUT2D eigenvalue weighted by Crippen LogP contribution is 2.15. The summed E-state index contributed by atoms with van der Waals surface area (Å²) in [5, 5.41) is 8.73. The lowest BCUT2D eigenvalue weighted by Crippen LogP contribution is -2.19. The molecule has 0 bridgehead atoms. The Hall–Kier alpha value is -1.97. The van der Waals surface area contributed by atoms with E-state index in [9.17, 15) is 4.79 Å². The van der Waals surface area contributed by atoms with Crippen LogP contribution >= 0.6 is 0 Å². The Morgan fingerprint density at radius 1 is 1.19 bits per heavy atom. The number of carboxylic acid groups (broad SMARTS) is 1. The van der Waals surface area contributed by atoms with Gasteiger partial charge in [-0.25, -0.2) is 4.79 Å². The lowest BCUT2D eigenvalue weighted by Gasteiger charge is -2.10. The zero-order chi connectivity index (χ0) is 11.4. The first-order valence-corrected chi connectivity index (χ1v) is 5.30. The summed E-state index contributed by atoms with van der Waals surface area (Å²) in [5.74, 6) is -0.905. The Labute approximate surface area is 94.0 Å². The van der Waals surface area contributed by atoms with E-state index in [4.69, 9.17) is 5.11 Å². The molecule has 4 heteroatoms. The van der Waals surface area contributed by atoms with Crippen LogP contribution in [0.15, 0.2) is 36.0 Å². The van der Waals surface area contributed by atoms with E-state index in [1.807, 2.05) is 0 Å². The third kappa shape index (κ3) is 2.53. The molecule has 0 amide bonds. The van der Waals surface area contributed by atoms with E-state index in [1.54, 1.807) is 24.3 Å². The van der Waals surface area contributed by atoms with Crippen LogP contribution in [0.1, 0.15) is 29.6 Å². The van der Waals surface area contributed by atoms with E-state index in [1.165, 1.54) is 12.1 Å². The molecule has 0 saturated heterocycles. The van der Waals surface area contributed by atoms with Gasteiger partial charge >= 0.3 is 5.97 Å². The minimum Gasteiger partial charge on any atom is -0.478 e. The largest absolute Gasteiger partial charge is 0.478 e. The van der Waals surface area contributed by atoms with Crippen LogP contribution in [-0.2, 0) is 0 Å². The molecule has 0 unspecified atom stereocenters. The summed E-state index contributed by atoms with van der Waals surface area (Å²) in [5.41, 5.74) is 8.50. The smallest absolute Gasteiger partial charge is 0.335 e. The Kier molecular flexibility index (Phi) is 3.10. The molecule has 1 aromatic rings. The number of benzene rings is 1. The van der Waals surface area contributed by atoms with Crippen LogP contribution in [0.3, 0.4) is 0 Å². The van der Waals surface area contributed by atoms with Crippen molar-refractivity contribution < 1.29 is 9.90 Å². The van der Waals surface area contributed by atoms with Crippen molar-refractivity contribution in [2.75, 3.05) is 5.43 Å². The second kappa shape index (κ2) is 4.70. The van der Waals surface area contributed by atoms with Gasteiger partial charge in [-0.15, -0.1) is 0 Å². The van der Waals surface area contributed by atoms with Crippen LogP contribution in [0, 0.1) is 0 Å². The fourth-order valence-corrected chi connectivity index (χ4v) is 1.63. The molecule has 0 saturated carbocycles. The van der Waals surface area contributed by atoms with E-state index in [0.29, 0.717) is 5.56 Å². The number of rotatable bonds is 4. The summed E-state index contributed by atoms with van der Waals surface area (Å²) in [6.45, 7) is 0. The molecular formula is C12H14N2O2. The molecule has 1 aliphatic carbocycles. The van der Waals surface area contributed by atoms with E-state index in [-0.39, 0.29) is 0 Å². The highest BCUT2D eigenvalue weighted by molar-refractivity contribution is 5.87. The summed E-state index contributed by atoms with van der Waals surface area (Å²) in [6, 6.07) is 6.64. The van der Waals surface area contributed by atoms with Crippen molar-refractivity contribution in [1.82, 2.24) is 5.43 Å². The van der Waals surface area contributed by atoms with Crippen molar-refractivity contribution in [3.05, 3.63) is 41.6 Å². The van der Waals surface area contributed by atoms with Gasteiger partial charge in [0.15, 0.2) is 0 Å².